The van der Waals surface area contributed by atoms with Crippen molar-refractivity contribution in [2.75, 3.05) is 13.2 Å². The minimum absolute atomic E-state index is 0.00205. The number of nitrogens with zero attached hydrogens (tertiary/aromatic N) is 3. The molecule has 1 rings (SSSR count). The highest BCUT2D eigenvalue weighted by molar-refractivity contribution is 5.66. The first kappa shape index (κ1) is 21.2. The fourth-order valence-corrected chi connectivity index (χ4v) is 2.78. The van der Waals surface area contributed by atoms with Gasteiger partial charge in [0, 0.05) is 24.9 Å². The zero-order valence-corrected chi connectivity index (χ0v) is 15.0. The normalized spacial score (nSPS) is 28.8. The lowest BCUT2D eigenvalue weighted by atomic mass is 9.82. The molecule has 9 heteroatoms. The van der Waals surface area contributed by atoms with Gasteiger partial charge in [0.05, 0.1) is 12.1 Å². The molecule has 1 fully saturated rings. The Morgan fingerprint density at radius 2 is 1.96 bits per heavy atom. The molecular weight excluding hydrogens is 330 g/mol. The van der Waals surface area contributed by atoms with Gasteiger partial charge in [-0.1, -0.05) is 25.4 Å². The summed E-state index contributed by atoms with van der Waals surface area (Å²) in [5.41, 5.74) is 8.80. The maximum Gasteiger partial charge on any atom is 0.303 e. The molecule has 0 radical (unpaired) electrons. The van der Waals surface area contributed by atoms with E-state index in [0.29, 0.717) is 19.4 Å². The smallest absolute Gasteiger partial charge is 0.303 e. The van der Waals surface area contributed by atoms with Crippen LogP contribution in [0.4, 0.5) is 0 Å². The van der Waals surface area contributed by atoms with Crippen molar-refractivity contribution in [3.63, 3.8) is 0 Å². The number of rotatable bonds is 10. The van der Waals surface area contributed by atoms with E-state index in [4.69, 9.17) is 24.8 Å². The van der Waals surface area contributed by atoms with Crippen molar-refractivity contribution >= 4 is 11.9 Å². The number of unbranched alkanes of at least 4 members (excludes halogenated alkanes) is 2. The third-order valence-electron chi connectivity index (χ3n) is 4.50. The number of aliphatic carboxylic acids is 1. The standard InChI is InChI=1S/C16H27N3O6/c1-10-11(2)15(18-19-17)16(25-13(10)9-24-12(3)20)23-8-6-4-5-7-14(21)22/h10-11,13,15-16H,4-9H2,1-3H3,(H,21,22). The number of hydrogen-bond acceptors (Lipinski definition) is 6. The molecule has 9 nitrogen and oxygen atoms in total. The molecule has 1 saturated heterocycles. The van der Waals surface area contributed by atoms with Gasteiger partial charge in [-0.3, -0.25) is 9.59 Å². The van der Waals surface area contributed by atoms with Gasteiger partial charge in [0.1, 0.15) is 6.61 Å². The van der Waals surface area contributed by atoms with Crippen molar-refractivity contribution in [1.29, 1.82) is 0 Å². The van der Waals surface area contributed by atoms with Crippen LogP contribution >= 0.6 is 0 Å². The molecule has 0 spiro atoms. The Bertz CT molecular complexity index is 494. The van der Waals surface area contributed by atoms with E-state index in [0.717, 1.165) is 6.42 Å². The number of azide groups is 1. The SMILES string of the molecule is CC(=O)OCC1OC(OCCCCCC(=O)O)C(N=[N+]=[N-])C(C)C1C. The van der Waals surface area contributed by atoms with Gasteiger partial charge in [-0.2, -0.15) is 0 Å². The molecule has 25 heavy (non-hydrogen) atoms. The van der Waals surface area contributed by atoms with Gasteiger partial charge in [0.2, 0.25) is 0 Å². The van der Waals surface area contributed by atoms with Crippen molar-refractivity contribution in [2.45, 2.75) is 64.9 Å². The number of carbonyl (C=O) groups is 2. The first-order chi connectivity index (χ1) is 11.9. The Labute approximate surface area is 147 Å². The number of carboxylic acid groups (broad SMARTS) is 1. The number of hydrogen-bond donors (Lipinski definition) is 1. The highest BCUT2D eigenvalue weighted by atomic mass is 16.7. The largest absolute Gasteiger partial charge is 0.481 e. The molecule has 0 bridgehead atoms. The van der Waals surface area contributed by atoms with Crippen LogP contribution in [0, 0.1) is 11.8 Å². The van der Waals surface area contributed by atoms with E-state index in [1.54, 1.807) is 0 Å². The van der Waals surface area contributed by atoms with E-state index in [2.05, 4.69) is 10.0 Å². The van der Waals surface area contributed by atoms with Crippen LogP contribution in [-0.4, -0.2) is 48.7 Å². The summed E-state index contributed by atoms with van der Waals surface area (Å²) >= 11 is 0. The van der Waals surface area contributed by atoms with Crippen LogP contribution in [0.5, 0.6) is 0 Å². The van der Waals surface area contributed by atoms with Crippen molar-refractivity contribution in [1.82, 2.24) is 0 Å². The zero-order valence-electron chi connectivity index (χ0n) is 15.0. The molecule has 142 valence electrons. The third-order valence-corrected chi connectivity index (χ3v) is 4.50. The monoisotopic (exact) mass is 357 g/mol. The molecule has 0 aromatic rings. The van der Waals surface area contributed by atoms with Gasteiger partial charge in [-0.25, -0.2) is 0 Å². The van der Waals surface area contributed by atoms with Crippen LogP contribution in [-0.2, 0) is 23.8 Å². The van der Waals surface area contributed by atoms with Gasteiger partial charge in [-0.15, -0.1) is 0 Å². The van der Waals surface area contributed by atoms with Gasteiger partial charge in [-0.05, 0) is 30.2 Å². The average molecular weight is 357 g/mol. The summed E-state index contributed by atoms with van der Waals surface area (Å²) in [4.78, 5) is 24.4. The molecule has 1 aliphatic heterocycles. The lowest BCUT2D eigenvalue weighted by Crippen LogP contribution is -2.51. The van der Waals surface area contributed by atoms with Gasteiger partial charge in [0.15, 0.2) is 6.29 Å². The second-order valence-corrected chi connectivity index (χ2v) is 6.33. The predicted octanol–water partition coefficient (Wildman–Crippen LogP) is 2.89. The first-order valence-corrected chi connectivity index (χ1v) is 8.53. The van der Waals surface area contributed by atoms with Crippen LogP contribution in [0.25, 0.3) is 10.4 Å². The molecule has 1 heterocycles. The molecule has 1 aliphatic rings. The lowest BCUT2D eigenvalue weighted by Gasteiger charge is -2.42. The van der Waals surface area contributed by atoms with Crippen molar-refractivity contribution in [3.8, 4) is 0 Å². The van der Waals surface area contributed by atoms with E-state index in [1.165, 1.54) is 6.92 Å². The summed E-state index contributed by atoms with van der Waals surface area (Å²) in [7, 11) is 0. The van der Waals surface area contributed by atoms with Gasteiger partial charge < -0.3 is 19.3 Å². The summed E-state index contributed by atoms with van der Waals surface area (Å²) in [6.07, 6.45) is 1.11. The number of carboxylic acids is 1. The van der Waals surface area contributed by atoms with E-state index < -0.39 is 18.3 Å². The molecule has 1 N–H and O–H groups in total. The predicted molar refractivity (Wildman–Crippen MR) is 88.6 cm³/mol. The lowest BCUT2D eigenvalue weighted by molar-refractivity contribution is -0.239. The summed E-state index contributed by atoms with van der Waals surface area (Å²) in [5, 5.41) is 12.4. The summed E-state index contributed by atoms with van der Waals surface area (Å²) in [5.74, 6) is -1.15. The van der Waals surface area contributed by atoms with Crippen molar-refractivity contribution < 1.29 is 28.9 Å². The van der Waals surface area contributed by atoms with Crippen LogP contribution < -0.4 is 0 Å². The molecule has 0 aromatic carbocycles. The second kappa shape index (κ2) is 10.9. The Hall–Kier alpha value is -1.83. The van der Waals surface area contributed by atoms with E-state index in [9.17, 15) is 9.59 Å². The number of ether oxygens (including phenoxy) is 3. The second-order valence-electron chi connectivity index (χ2n) is 6.33. The molecule has 5 atom stereocenters. The van der Waals surface area contributed by atoms with Crippen LogP contribution in [0.15, 0.2) is 5.11 Å². The molecule has 0 aromatic heterocycles. The minimum atomic E-state index is -0.809. The van der Waals surface area contributed by atoms with Gasteiger partial charge in [0.25, 0.3) is 0 Å². The van der Waals surface area contributed by atoms with E-state index in [-0.39, 0.29) is 36.9 Å². The maximum absolute atomic E-state index is 11.0. The van der Waals surface area contributed by atoms with E-state index in [1.807, 2.05) is 13.8 Å². The summed E-state index contributed by atoms with van der Waals surface area (Å²) in [6.45, 7) is 5.76. The summed E-state index contributed by atoms with van der Waals surface area (Å²) < 4.78 is 16.7. The Morgan fingerprint density at radius 1 is 1.24 bits per heavy atom. The highest BCUT2D eigenvalue weighted by Crippen LogP contribution is 2.33. The molecule has 0 amide bonds. The maximum atomic E-state index is 11.0. The van der Waals surface area contributed by atoms with Crippen LogP contribution in [0.3, 0.4) is 0 Å². The Balaban J connectivity index is 2.56. The van der Waals surface area contributed by atoms with Crippen LogP contribution in [0.2, 0.25) is 0 Å². The molecule has 0 saturated carbocycles. The van der Waals surface area contributed by atoms with Crippen molar-refractivity contribution in [3.05, 3.63) is 10.4 Å². The van der Waals surface area contributed by atoms with Gasteiger partial charge >= 0.3 is 11.9 Å². The third kappa shape index (κ3) is 7.29. The zero-order chi connectivity index (χ0) is 18.8. The minimum Gasteiger partial charge on any atom is -0.481 e. The first-order valence-electron chi connectivity index (χ1n) is 8.53. The number of carbonyl (C=O) groups excluding carboxylic acids is 1. The number of esters is 1. The molecule has 0 aliphatic carbocycles. The Kier molecular flexibility index (Phi) is 9.26. The fraction of sp³-hybridized carbons (Fsp3) is 0.875. The van der Waals surface area contributed by atoms with Crippen LogP contribution in [0.1, 0.15) is 46.5 Å². The molecule has 5 unspecified atom stereocenters. The molecular formula is C16H27N3O6. The topological polar surface area (TPSA) is 131 Å². The Morgan fingerprint density at radius 3 is 2.56 bits per heavy atom. The average Bonchev–Trinajstić information content (AvgIpc) is 2.55. The quantitative estimate of drug-likeness (QED) is 0.210. The van der Waals surface area contributed by atoms with Crippen molar-refractivity contribution in [2.24, 2.45) is 17.0 Å². The fourth-order valence-electron chi connectivity index (χ4n) is 2.78. The summed E-state index contributed by atoms with van der Waals surface area (Å²) in [6, 6.07) is -0.465. The van der Waals surface area contributed by atoms with E-state index >= 15 is 0 Å². The highest BCUT2D eigenvalue weighted by Gasteiger charge is 2.42.